The average molecular weight is 275 g/mol. The molecule has 0 aromatic heterocycles. The first-order valence-corrected chi connectivity index (χ1v) is 7.10. The van der Waals surface area contributed by atoms with Crippen LogP contribution in [0.2, 0.25) is 0 Å². The molecule has 2 aliphatic rings. The highest BCUT2D eigenvalue weighted by Crippen LogP contribution is 2.53. The summed E-state index contributed by atoms with van der Waals surface area (Å²) in [5.74, 6) is 0.273. The van der Waals surface area contributed by atoms with E-state index in [0.717, 1.165) is 18.7 Å². The summed E-state index contributed by atoms with van der Waals surface area (Å²) in [5, 5.41) is 3.57. The average Bonchev–Trinajstić information content (AvgIpc) is 2.91. The Kier molecular flexibility index (Phi) is 3.21. The second kappa shape index (κ2) is 4.77. The summed E-state index contributed by atoms with van der Waals surface area (Å²) in [6.07, 6.45) is 1.48. The SMILES string of the molecule is COC(=O)c1cccc(NC2C3CCOC3C2(C)C)c1. The van der Waals surface area contributed by atoms with E-state index < -0.39 is 0 Å². The fraction of sp³-hybridized carbons (Fsp3) is 0.562. The van der Waals surface area contributed by atoms with Crippen molar-refractivity contribution < 1.29 is 14.3 Å². The van der Waals surface area contributed by atoms with Crippen molar-refractivity contribution in [1.82, 2.24) is 0 Å². The van der Waals surface area contributed by atoms with E-state index in [1.165, 1.54) is 7.11 Å². The van der Waals surface area contributed by atoms with Gasteiger partial charge in [-0.3, -0.25) is 0 Å². The predicted octanol–water partition coefficient (Wildman–Crippen LogP) is 2.70. The monoisotopic (exact) mass is 275 g/mol. The van der Waals surface area contributed by atoms with E-state index in [-0.39, 0.29) is 11.4 Å². The van der Waals surface area contributed by atoms with Crippen molar-refractivity contribution in [3.05, 3.63) is 29.8 Å². The van der Waals surface area contributed by atoms with Crippen molar-refractivity contribution in [2.45, 2.75) is 32.4 Å². The fourth-order valence-corrected chi connectivity index (χ4v) is 3.65. The lowest BCUT2D eigenvalue weighted by Crippen LogP contribution is -2.63. The smallest absolute Gasteiger partial charge is 0.337 e. The summed E-state index contributed by atoms with van der Waals surface area (Å²) in [4.78, 5) is 11.6. The van der Waals surface area contributed by atoms with Crippen LogP contribution in [0.5, 0.6) is 0 Å². The van der Waals surface area contributed by atoms with Gasteiger partial charge in [0.05, 0.1) is 18.8 Å². The van der Waals surface area contributed by atoms with Crippen LogP contribution >= 0.6 is 0 Å². The highest BCUT2D eigenvalue weighted by Gasteiger charge is 2.59. The molecule has 1 saturated carbocycles. The maximum atomic E-state index is 11.6. The Bertz CT molecular complexity index is 526. The van der Waals surface area contributed by atoms with Crippen LogP contribution in [0.4, 0.5) is 5.69 Å². The highest BCUT2D eigenvalue weighted by molar-refractivity contribution is 5.90. The molecule has 4 heteroatoms. The summed E-state index contributed by atoms with van der Waals surface area (Å²) < 4.78 is 10.6. The molecule has 1 aliphatic heterocycles. The van der Waals surface area contributed by atoms with E-state index in [0.29, 0.717) is 23.6 Å². The van der Waals surface area contributed by atoms with Gasteiger partial charge in [0.25, 0.3) is 0 Å². The van der Waals surface area contributed by atoms with Gasteiger partial charge in [0.1, 0.15) is 0 Å². The molecule has 0 spiro atoms. The lowest BCUT2D eigenvalue weighted by molar-refractivity contribution is -0.0923. The van der Waals surface area contributed by atoms with Crippen molar-refractivity contribution in [3.8, 4) is 0 Å². The van der Waals surface area contributed by atoms with E-state index in [1.807, 2.05) is 18.2 Å². The predicted molar refractivity (Wildman–Crippen MR) is 76.8 cm³/mol. The van der Waals surface area contributed by atoms with Gasteiger partial charge in [-0.2, -0.15) is 0 Å². The van der Waals surface area contributed by atoms with Gasteiger partial charge < -0.3 is 14.8 Å². The van der Waals surface area contributed by atoms with Crippen LogP contribution in [-0.2, 0) is 9.47 Å². The van der Waals surface area contributed by atoms with Gasteiger partial charge in [-0.05, 0) is 24.6 Å². The van der Waals surface area contributed by atoms with Crippen molar-refractivity contribution in [3.63, 3.8) is 0 Å². The molecule has 1 N–H and O–H groups in total. The molecule has 0 radical (unpaired) electrons. The molecule has 3 atom stereocenters. The third kappa shape index (κ3) is 1.99. The lowest BCUT2D eigenvalue weighted by Gasteiger charge is -2.55. The van der Waals surface area contributed by atoms with Crippen LogP contribution in [-0.4, -0.2) is 31.8 Å². The third-order valence-corrected chi connectivity index (χ3v) is 4.71. The number of benzene rings is 1. The van der Waals surface area contributed by atoms with Crippen LogP contribution < -0.4 is 5.32 Å². The van der Waals surface area contributed by atoms with Crippen LogP contribution in [0.1, 0.15) is 30.6 Å². The summed E-state index contributed by atoms with van der Waals surface area (Å²) in [7, 11) is 1.40. The number of anilines is 1. The Morgan fingerprint density at radius 1 is 1.45 bits per heavy atom. The standard InChI is InChI=1S/C16H21NO3/c1-16(2)13(12-7-8-20-14(12)16)17-11-6-4-5-10(9-11)15(18)19-3/h4-6,9,12-14,17H,7-8H2,1-3H3. The maximum absolute atomic E-state index is 11.6. The van der Waals surface area contributed by atoms with Gasteiger partial charge >= 0.3 is 5.97 Å². The van der Waals surface area contributed by atoms with Crippen molar-refractivity contribution in [2.24, 2.45) is 11.3 Å². The molecule has 2 fully saturated rings. The number of ether oxygens (including phenoxy) is 2. The molecular weight excluding hydrogens is 254 g/mol. The Balaban J connectivity index is 1.77. The molecule has 108 valence electrons. The van der Waals surface area contributed by atoms with E-state index in [2.05, 4.69) is 19.2 Å². The molecule has 3 rings (SSSR count). The highest BCUT2D eigenvalue weighted by atomic mass is 16.5. The summed E-state index contributed by atoms with van der Waals surface area (Å²) >= 11 is 0. The first-order valence-electron chi connectivity index (χ1n) is 7.10. The van der Waals surface area contributed by atoms with E-state index in [1.54, 1.807) is 6.07 Å². The zero-order valence-electron chi connectivity index (χ0n) is 12.2. The number of rotatable bonds is 3. The minimum absolute atomic E-state index is 0.127. The number of hydrogen-bond acceptors (Lipinski definition) is 4. The molecule has 1 aromatic rings. The minimum Gasteiger partial charge on any atom is -0.465 e. The first-order chi connectivity index (χ1) is 9.54. The molecule has 0 amide bonds. The molecule has 20 heavy (non-hydrogen) atoms. The third-order valence-electron chi connectivity index (χ3n) is 4.71. The molecule has 1 aliphatic carbocycles. The van der Waals surface area contributed by atoms with Gasteiger partial charge in [0.15, 0.2) is 0 Å². The summed E-state index contributed by atoms with van der Waals surface area (Å²) in [5.41, 5.74) is 1.67. The number of carbonyl (C=O) groups excluding carboxylic acids is 1. The molecule has 1 heterocycles. The van der Waals surface area contributed by atoms with Gasteiger partial charge in [0, 0.05) is 29.7 Å². The van der Waals surface area contributed by atoms with Crippen molar-refractivity contribution in [2.75, 3.05) is 19.0 Å². The Labute approximate surface area is 119 Å². The van der Waals surface area contributed by atoms with Gasteiger partial charge in [-0.25, -0.2) is 4.79 Å². The van der Waals surface area contributed by atoms with Gasteiger partial charge in [-0.1, -0.05) is 19.9 Å². The molecule has 1 aromatic carbocycles. The van der Waals surface area contributed by atoms with Crippen LogP contribution in [0.25, 0.3) is 0 Å². The van der Waals surface area contributed by atoms with E-state index >= 15 is 0 Å². The number of hydrogen-bond donors (Lipinski definition) is 1. The minimum atomic E-state index is -0.302. The number of esters is 1. The largest absolute Gasteiger partial charge is 0.465 e. The summed E-state index contributed by atoms with van der Waals surface area (Å²) in [6, 6.07) is 7.88. The zero-order valence-corrected chi connectivity index (χ0v) is 12.2. The normalized spacial score (nSPS) is 30.2. The van der Waals surface area contributed by atoms with Crippen LogP contribution in [0, 0.1) is 11.3 Å². The fourth-order valence-electron chi connectivity index (χ4n) is 3.65. The molecule has 3 unspecified atom stereocenters. The first kappa shape index (κ1) is 13.4. The second-order valence-electron chi connectivity index (χ2n) is 6.26. The number of methoxy groups -OCH3 is 1. The molecular formula is C16H21NO3. The number of fused-ring (bicyclic) bond motifs is 1. The Morgan fingerprint density at radius 2 is 2.25 bits per heavy atom. The molecule has 0 bridgehead atoms. The lowest BCUT2D eigenvalue weighted by atomic mass is 9.57. The topological polar surface area (TPSA) is 47.6 Å². The maximum Gasteiger partial charge on any atom is 0.337 e. The number of carbonyl (C=O) groups is 1. The van der Waals surface area contributed by atoms with Gasteiger partial charge in [-0.15, -0.1) is 0 Å². The zero-order chi connectivity index (χ0) is 14.3. The summed E-state index contributed by atoms with van der Waals surface area (Å²) in [6.45, 7) is 5.34. The quantitative estimate of drug-likeness (QED) is 0.862. The molecule has 1 saturated heterocycles. The van der Waals surface area contributed by atoms with Crippen molar-refractivity contribution in [1.29, 1.82) is 0 Å². The van der Waals surface area contributed by atoms with Crippen molar-refractivity contribution >= 4 is 11.7 Å². The van der Waals surface area contributed by atoms with E-state index in [4.69, 9.17) is 9.47 Å². The van der Waals surface area contributed by atoms with Crippen LogP contribution in [0.3, 0.4) is 0 Å². The second-order valence-corrected chi connectivity index (χ2v) is 6.26. The Hall–Kier alpha value is -1.55. The number of nitrogens with one attached hydrogen (secondary N) is 1. The van der Waals surface area contributed by atoms with E-state index in [9.17, 15) is 4.79 Å². The Morgan fingerprint density at radius 3 is 3.00 bits per heavy atom. The molecule has 4 nitrogen and oxygen atoms in total. The van der Waals surface area contributed by atoms with Gasteiger partial charge in [0.2, 0.25) is 0 Å². The van der Waals surface area contributed by atoms with Crippen LogP contribution in [0.15, 0.2) is 24.3 Å².